The molecule has 2 amide bonds. The smallest absolute Gasteiger partial charge is 0.225 e. The monoisotopic (exact) mass is 296 g/mol. The van der Waals surface area contributed by atoms with E-state index in [-0.39, 0.29) is 29.3 Å². The quantitative estimate of drug-likeness (QED) is 0.734. The molecule has 1 heterocycles. The normalized spacial score (nSPS) is 20.7. The largest absolute Gasteiger partial charge is 0.353 e. The predicted octanol–water partition coefficient (Wildman–Crippen LogP) is 3.11. The molecule has 0 radical (unpaired) electrons. The molecule has 2 unspecified atom stereocenters. The van der Waals surface area contributed by atoms with Crippen molar-refractivity contribution >= 4 is 11.8 Å². The van der Waals surface area contributed by atoms with Crippen molar-refractivity contribution in [1.82, 2.24) is 10.2 Å². The molecule has 0 aromatic heterocycles. The van der Waals surface area contributed by atoms with Crippen molar-refractivity contribution in [2.24, 2.45) is 5.92 Å². The molecule has 1 N–H and O–H groups in total. The van der Waals surface area contributed by atoms with Gasteiger partial charge in [0.25, 0.3) is 0 Å². The molecule has 0 aromatic carbocycles. The van der Waals surface area contributed by atoms with E-state index in [1.54, 1.807) is 0 Å². The molecule has 0 bridgehead atoms. The molecule has 1 aliphatic heterocycles. The van der Waals surface area contributed by atoms with Crippen molar-refractivity contribution in [2.45, 2.75) is 84.7 Å². The number of unbranched alkanes of at least 4 members (excludes halogenated alkanes) is 3. The van der Waals surface area contributed by atoms with E-state index in [1.807, 2.05) is 25.7 Å². The van der Waals surface area contributed by atoms with Crippen molar-refractivity contribution in [1.29, 1.82) is 0 Å². The second-order valence-electron chi connectivity index (χ2n) is 7.34. The van der Waals surface area contributed by atoms with Crippen LogP contribution in [-0.4, -0.2) is 34.8 Å². The first kappa shape index (κ1) is 18.0. The van der Waals surface area contributed by atoms with Crippen LogP contribution >= 0.6 is 0 Å². The summed E-state index contributed by atoms with van der Waals surface area (Å²) >= 11 is 0. The fourth-order valence-electron chi connectivity index (χ4n) is 2.84. The number of nitrogens with zero attached hydrogens (tertiary/aromatic N) is 1. The van der Waals surface area contributed by atoms with Gasteiger partial charge in [0, 0.05) is 24.5 Å². The van der Waals surface area contributed by atoms with Gasteiger partial charge in [0.1, 0.15) is 0 Å². The van der Waals surface area contributed by atoms with Crippen LogP contribution < -0.4 is 5.32 Å². The Bertz CT molecular complexity index is 360. The summed E-state index contributed by atoms with van der Waals surface area (Å²) < 4.78 is 0. The van der Waals surface area contributed by atoms with Gasteiger partial charge in [-0.1, -0.05) is 32.6 Å². The van der Waals surface area contributed by atoms with Gasteiger partial charge in [-0.15, -0.1) is 0 Å². The van der Waals surface area contributed by atoms with E-state index in [9.17, 15) is 9.59 Å². The van der Waals surface area contributed by atoms with Crippen LogP contribution in [-0.2, 0) is 9.59 Å². The average molecular weight is 296 g/mol. The maximum atomic E-state index is 12.3. The first-order valence-electron chi connectivity index (χ1n) is 8.36. The van der Waals surface area contributed by atoms with Crippen LogP contribution in [0.1, 0.15) is 73.1 Å². The van der Waals surface area contributed by atoms with E-state index in [0.717, 1.165) is 12.8 Å². The summed E-state index contributed by atoms with van der Waals surface area (Å²) in [6.45, 7) is 10.9. The standard InChI is InChI=1S/C17H32N2O2/c1-6-7-8-9-10-13(2)18-16(21)14-11-15(20)19(12-14)17(3,4)5/h13-14H,6-12H2,1-5H3,(H,18,21). The van der Waals surface area contributed by atoms with Gasteiger partial charge in [0.05, 0.1) is 5.92 Å². The van der Waals surface area contributed by atoms with Crippen LogP contribution in [0, 0.1) is 5.92 Å². The summed E-state index contributed by atoms with van der Waals surface area (Å²) in [5.74, 6) is -0.0499. The maximum Gasteiger partial charge on any atom is 0.225 e. The van der Waals surface area contributed by atoms with E-state index >= 15 is 0 Å². The first-order valence-corrected chi connectivity index (χ1v) is 8.36. The lowest BCUT2D eigenvalue weighted by Crippen LogP contribution is -2.44. The Balaban J connectivity index is 2.38. The molecule has 21 heavy (non-hydrogen) atoms. The Labute approximate surface area is 129 Å². The van der Waals surface area contributed by atoms with Gasteiger partial charge in [-0.25, -0.2) is 0 Å². The second-order valence-corrected chi connectivity index (χ2v) is 7.34. The molecule has 1 fully saturated rings. The third-order valence-electron chi connectivity index (χ3n) is 4.18. The predicted molar refractivity (Wildman–Crippen MR) is 85.9 cm³/mol. The third-order valence-corrected chi connectivity index (χ3v) is 4.18. The second kappa shape index (κ2) is 7.81. The molecule has 122 valence electrons. The number of amides is 2. The Morgan fingerprint density at radius 1 is 1.33 bits per heavy atom. The summed E-state index contributed by atoms with van der Waals surface area (Å²) in [4.78, 5) is 26.1. The number of likely N-dealkylation sites (tertiary alicyclic amines) is 1. The molecule has 2 atom stereocenters. The zero-order valence-electron chi connectivity index (χ0n) is 14.4. The first-order chi connectivity index (χ1) is 9.75. The van der Waals surface area contributed by atoms with Crippen LogP contribution in [0.2, 0.25) is 0 Å². The zero-order valence-corrected chi connectivity index (χ0v) is 14.4. The molecule has 0 spiro atoms. The van der Waals surface area contributed by atoms with E-state index < -0.39 is 0 Å². The number of carbonyl (C=O) groups is 2. The van der Waals surface area contributed by atoms with Gasteiger partial charge in [-0.2, -0.15) is 0 Å². The molecule has 0 saturated carbocycles. The van der Waals surface area contributed by atoms with Gasteiger partial charge in [-0.05, 0) is 34.1 Å². The molecule has 0 aliphatic carbocycles. The Morgan fingerprint density at radius 3 is 2.52 bits per heavy atom. The molecule has 1 rings (SSSR count). The van der Waals surface area contributed by atoms with E-state index in [4.69, 9.17) is 0 Å². The molecule has 0 aromatic rings. The SMILES string of the molecule is CCCCCCC(C)NC(=O)C1CC(=O)N(C(C)(C)C)C1. The minimum Gasteiger partial charge on any atom is -0.353 e. The number of rotatable bonds is 7. The van der Waals surface area contributed by atoms with Crippen molar-refractivity contribution in [3.8, 4) is 0 Å². The molecular weight excluding hydrogens is 264 g/mol. The number of nitrogens with one attached hydrogen (secondary N) is 1. The Morgan fingerprint density at radius 2 is 2.00 bits per heavy atom. The summed E-state index contributed by atoms with van der Waals surface area (Å²) in [5, 5.41) is 3.07. The number of hydrogen-bond donors (Lipinski definition) is 1. The lowest BCUT2D eigenvalue weighted by molar-refractivity contribution is -0.132. The Kier molecular flexibility index (Phi) is 6.69. The minimum atomic E-state index is -0.197. The number of hydrogen-bond acceptors (Lipinski definition) is 2. The van der Waals surface area contributed by atoms with Crippen molar-refractivity contribution < 1.29 is 9.59 Å². The summed E-state index contributed by atoms with van der Waals surface area (Å²) in [6.07, 6.45) is 6.26. The molecular formula is C17H32N2O2. The molecule has 4 nitrogen and oxygen atoms in total. The highest BCUT2D eigenvalue weighted by Gasteiger charge is 2.39. The van der Waals surface area contributed by atoms with Gasteiger partial charge < -0.3 is 10.2 Å². The maximum absolute atomic E-state index is 12.3. The lowest BCUT2D eigenvalue weighted by atomic mass is 10.0. The zero-order chi connectivity index (χ0) is 16.0. The van der Waals surface area contributed by atoms with Gasteiger partial charge >= 0.3 is 0 Å². The number of carbonyl (C=O) groups excluding carboxylic acids is 2. The van der Waals surface area contributed by atoms with Crippen molar-refractivity contribution in [3.63, 3.8) is 0 Å². The topological polar surface area (TPSA) is 49.4 Å². The van der Waals surface area contributed by atoms with Gasteiger partial charge in [0.2, 0.25) is 11.8 Å². The van der Waals surface area contributed by atoms with Crippen LogP contribution in [0.3, 0.4) is 0 Å². The average Bonchev–Trinajstić information content (AvgIpc) is 2.77. The van der Waals surface area contributed by atoms with Crippen molar-refractivity contribution in [3.05, 3.63) is 0 Å². The Hall–Kier alpha value is -1.06. The van der Waals surface area contributed by atoms with Gasteiger partial charge in [-0.3, -0.25) is 9.59 Å². The van der Waals surface area contributed by atoms with E-state index in [2.05, 4.69) is 19.2 Å². The highest BCUT2D eigenvalue weighted by atomic mass is 16.2. The van der Waals surface area contributed by atoms with Gasteiger partial charge in [0.15, 0.2) is 0 Å². The van der Waals surface area contributed by atoms with E-state index in [0.29, 0.717) is 13.0 Å². The molecule has 4 heteroatoms. The summed E-state index contributed by atoms with van der Waals surface area (Å²) in [7, 11) is 0. The van der Waals surface area contributed by atoms with Crippen molar-refractivity contribution in [2.75, 3.05) is 6.54 Å². The fourth-order valence-corrected chi connectivity index (χ4v) is 2.84. The third kappa shape index (κ3) is 5.68. The highest BCUT2D eigenvalue weighted by molar-refractivity contribution is 5.89. The lowest BCUT2D eigenvalue weighted by Gasteiger charge is -2.32. The fraction of sp³-hybridized carbons (Fsp3) is 0.882. The minimum absolute atomic E-state index is 0.0399. The highest BCUT2D eigenvalue weighted by Crippen LogP contribution is 2.26. The molecule has 1 aliphatic rings. The molecule has 1 saturated heterocycles. The van der Waals surface area contributed by atoms with E-state index in [1.165, 1.54) is 19.3 Å². The summed E-state index contributed by atoms with van der Waals surface area (Å²) in [5.41, 5.74) is -0.197. The summed E-state index contributed by atoms with van der Waals surface area (Å²) in [6, 6.07) is 0.202. The van der Waals surface area contributed by atoms with Crippen LogP contribution in [0.25, 0.3) is 0 Å². The van der Waals surface area contributed by atoms with Crippen LogP contribution in [0.4, 0.5) is 0 Å². The van der Waals surface area contributed by atoms with Crippen LogP contribution in [0.15, 0.2) is 0 Å². The van der Waals surface area contributed by atoms with Crippen LogP contribution in [0.5, 0.6) is 0 Å².